The quantitative estimate of drug-likeness (QED) is 0.270. The summed E-state index contributed by atoms with van der Waals surface area (Å²) in [5.41, 5.74) is 2.08. The molecule has 0 fully saturated rings. The van der Waals surface area contributed by atoms with Gasteiger partial charge in [0.15, 0.2) is 0 Å². The standard InChI is InChI=1S/C27H21F3N6O2/c1-15-3-4-21(11-23(15)35-26(38)19-7-17-5-6-31-24(17)32-12-19)34-25(37)18-8-20(27(28,29)30)10-22(9-18)36-13-16(2)33-14-36/h3-14H,1-2H3,(H,31,32)(H,34,37)(H,35,38). The summed E-state index contributed by atoms with van der Waals surface area (Å²) in [5, 5.41) is 6.20. The van der Waals surface area contributed by atoms with Crippen molar-refractivity contribution < 1.29 is 22.8 Å². The van der Waals surface area contributed by atoms with Crippen LogP contribution >= 0.6 is 0 Å². The van der Waals surface area contributed by atoms with Gasteiger partial charge in [0.05, 0.1) is 23.1 Å². The molecule has 2 amide bonds. The maximum atomic E-state index is 13.6. The van der Waals surface area contributed by atoms with Crippen molar-refractivity contribution >= 4 is 34.2 Å². The van der Waals surface area contributed by atoms with Crippen molar-refractivity contribution in [1.82, 2.24) is 19.5 Å². The van der Waals surface area contributed by atoms with Gasteiger partial charge in [0, 0.05) is 46.6 Å². The first-order chi connectivity index (χ1) is 18.1. The molecule has 0 aliphatic rings. The number of anilines is 2. The van der Waals surface area contributed by atoms with Crippen LogP contribution in [-0.4, -0.2) is 31.3 Å². The molecule has 0 unspecified atom stereocenters. The summed E-state index contributed by atoms with van der Waals surface area (Å²) < 4.78 is 42.2. The number of fused-ring (bicyclic) bond motifs is 1. The third-order valence-corrected chi connectivity index (χ3v) is 5.92. The molecule has 5 aromatic rings. The number of H-pyrrole nitrogens is 1. The first-order valence-corrected chi connectivity index (χ1v) is 11.5. The zero-order valence-corrected chi connectivity index (χ0v) is 20.2. The summed E-state index contributed by atoms with van der Waals surface area (Å²) in [6.45, 7) is 3.49. The molecule has 11 heteroatoms. The predicted octanol–water partition coefficient (Wildman–Crippen LogP) is 5.89. The number of aromatic nitrogens is 4. The van der Waals surface area contributed by atoms with E-state index in [0.717, 1.165) is 23.1 Å². The molecule has 3 aromatic heterocycles. The Balaban J connectivity index is 1.40. The number of halogens is 3. The van der Waals surface area contributed by atoms with Crippen molar-refractivity contribution in [3.8, 4) is 5.69 Å². The second kappa shape index (κ2) is 9.51. The average molecular weight is 518 g/mol. The number of aromatic amines is 1. The van der Waals surface area contributed by atoms with Crippen LogP contribution < -0.4 is 10.6 Å². The average Bonchev–Trinajstić information content (AvgIpc) is 3.53. The van der Waals surface area contributed by atoms with Gasteiger partial charge in [0.25, 0.3) is 11.8 Å². The van der Waals surface area contributed by atoms with Gasteiger partial charge >= 0.3 is 6.18 Å². The zero-order chi connectivity index (χ0) is 27.0. The Bertz CT molecular complexity index is 1690. The normalized spacial score (nSPS) is 11.5. The topological polar surface area (TPSA) is 105 Å². The largest absolute Gasteiger partial charge is 0.416 e. The Morgan fingerprint density at radius 3 is 2.45 bits per heavy atom. The van der Waals surface area contributed by atoms with Crippen LogP contribution in [0.3, 0.4) is 0 Å². The number of amides is 2. The number of carbonyl (C=O) groups excluding carboxylic acids is 2. The van der Waals surface area contributed by atoms with E-state index in [1.807, 2.05) is 0 Å². The maximum Gasteiger partial charge on any atom is 0.416 e. The fraction of sp³-hybridized carbons (Fsp3) is 0.111. The number of aryl methyl sites for hydroxylation is 2. The Morgan fingerprint density at radius 1 is 0.921 bits per heavy atom. The molecule has 0 saturated carbocycles. The molecule has 38 heavy (non-hydrogen) atoms. The number of hydrogen-bond donors (Lipinski definition) is 3. The summed E-state index contributed by atoms with van der Waals surface area (Å²) in [4.78, 5) is 37.1. The van der Waals surface area contributed by atoms with Crippen LogP contribution in [0.25, 0.3) is 16.7 Å². The molecule has 0 aliphatic carbocycles. The number of benzene rings is 2. The molecule has 0 bridgehead atoms. The van der Waals surface area contributed by atoms with Crippen molar-refractivity contribution in [2.75, 3.05) is 10.6 Å². The molecular weight excluding hydrogens is 497 g/mol. The van der Waals surface area contributed by atoms with Gasteiger partial charge in [-0.05, 0) is 61.9 Å². The molecule has 3 heterocycles. The number of hydrogen-bond acceptors (Lipinski definition) is 4. The molecule has 0 spiro atoms. The molecule has 192 valence electrons. The third kappa shape index (κ3) is 5.12. The molecule has 2 aromatic carbocycles. The van der Waals surface area contributed by atoms with E-state index in [9.17, 15) is 22.8 Å². The summed E-state index contributed by atoms with van der Waals surface area (Å²) in [5.74, 6) is -1.14. The minimum Gasteiger partial charge on any atom is -0.346 e. The molecule has 0 saturated heterocycles. The Kier molecular flexibility index (Phi) is 6.19. The van der Waals surface area contributed by atoms with Crippen molar-refractivity contribution in [2.45, 2.75) is 20.0 Å². The number of carbonyl (C=O) groups is 2. The van der Waals surface area contributed by atoms with E-state index in [2.05, 4.69) is 25.6 Å². The van der Waals surface area contributed by atoms with Crippen molar-refractivity contribution in [3.05, 3.63) is 101 Å². The minimum atomic E-state index is -4.65. The molecule has 0 aliphatic heterocycles. The van der Waals surface area contributed by atoms with Gasteiger partial charge in [-0.15, -0.1) is 0 Å². The zero-order valence-electron chi connectivity index (χ0n) is 20.2. The van der Waals surface area contributed by atoms with E-state index in [0.29, 0.717) is 28.3 Å². The van der Waals surface area contributed by atoms with Gasteiger partial charge < -0.3 is 20.2 Å². The third-order valence-electron chi connectivity index (χ3n) is 5.92. The van der Waals surface area contributed by atoms with Gasteiger partial charge in [0.2, 0.25) is 0 Å². The van der Waals surface area contributed by atoms with E-state index in [1.54, 1.807) is 56.6 Å². The van der Waals surface area contributed by atoms with Gasteiger partial charge in [-0.1, -0.05) is 6.07 Å². The Morgan fingerprint density at radius 2 is 1.71 bits per heavy atom. The lowest BCUT2D eigenvalue weighted by Gasteiger charge is -2.14. The highest BCUT2D eigenvalue weighted by Crippen LogP contribution is 2.32. The van der Waals surface area contributed by atoms with Crippen molar-refractivity contribution in [2.24, 2.45) is 0 Å². The summed E-state index contributed by atoms with van der Waals surface area (Å²) in [7, 11) is 0. The number of imidazole rings is 1. The lowest BCUT2D eigenvalue weighted by molar-refractivity contribution is -0.137. The second-order valence-electron chi connectivity index (χ2n) is 8.77. The second-order valence-corrected chi connectivity index (χ2v) is 8.77. The van der Waals surface area contributed by atoms with E-state index >= 15 is 0 Å². The summed E-state index contributed by atoms with van der Waals surface area (Å²) >= 11 is 0. The number of nitrogens with zero attached hydrogens (tertiary/aromatic N) is 3. The van der Waals surface area contributed by atoms with Gasteiger partial charge in [-0.25, -0.2) is 9.97 Å². The van der Waals surface area contributed by atoms with E-state index in [-0.39, 0.29) is 11.3 Å². The molecule has 0 atom stereocenters. The fourth-order valence-electron chi connectivity index (χ4n) is 3.91. The van der Waals surface area contributed by atoms with Gasteiger partial charge in [-0.3, -0.25) is 9.59 Å². The molecule has 0 radical (unpaired) electrons. The Labute approximate surface area is 214 Å². The van der Waals surface area contributed by atoms with Crippen LogP contribution in [0.5, 0.6) is 0 Å². The van der Waals surface area contributed by atoms with E-state index < -0.39 is 23.6 Å². The van der Waals surface area contributed by atoms with E-state index in [1.165, 1.54) is 23.2 Å². The SMILES string of the molecule is Cc1cn(-c2cc(C(=O)Nc3ccc(C)c(NC(=O)c4cnc5[nH]ccc5c4)c3)cc(C(F)(F)F)c2)cn1. The van der Waals surface area contributed by atoms with Crippen LogP contribution in [0.15, 0.2) is 73.4 Å². The van der Waals surface area contributed by atoms with Crippen LogP contribution in [0.2, 0.25) is 0 Å². The smallest absolute Gasteiger partial charge is 0.346 e. The minimum absolute atomic E-state index is 0.149. The van der Waals surface area contributed by atoms with Gasteiger partial charge in [-0.2, -0.15) is 13.2 Å². The number of pyridine rings is 1. The lowest BCUT2D eigenvalue weighted by Crippen LogP contribution is -2.16. The summed E-state index contributed by atoms with van der Waals surface area (Å²) in [6, 6.07) is 11.4. The van der Waals surface area contributed by atoms with Crippen molar-refractivity contribution in [3.63, 3.8) is 0 Å². The molecule has 8 nitrogen and oxygen atoms in total. The fourth-order valence-corrected chi connectivity index (χ4v) is 3.91. The number of rotatable bonds is 5. The lowest BCUT2D eigenvalue weighted by atomic mass is 10.1. The summed E-state index contributed by atoms with van der Waals surface area (Å²) in [6.07, 6.45) is 1.46. The highest BCUT2D eigenvalue weighted by atomic mass is 19.4. The monoisotopic (exact) mass is 518 g/mol. The van der Waals surface area contributed by atoms with Crippen LogP contribution in [0.4, 0.5) is 24.5 Å². The molecular formula is C27H21F3N6O2. The molecule has 5 rings (SSSR count). The van der Waals surface area contributed by atoms with Crippen LogP contribution in [0, 0.1) is 13.8 Å². The first kappa shape index (κ1) is 24.8. The highest BCUT2D eigenvalue weighted by molar-refractivity contribution is 6.07. The Hall–Kier alpha value is -4.93. The highest BCUT2D eigenvalue weighted by Gasteiger charge is 2.32. The molecule has 3 N–H and O–H groups in total. The number of alkyl halides is 3. The van der Waals surface area contributed by atoms with Gasteiger partial charge in [0.1, 0.15) is 5.65 Å². The van der Waals surface area contributed by atoms with E-state index in [4.69, 9.17) is 0 Å². The predicted molar refractivity (Wildman–Crippen MR) is 136 cm³/mol. The first-order valence-electron chi connectivity index (χ1n) is 11.5. The van der Waals surface area contributed by atoms with Crippen LogP contribution in [-0.2, 0) is 6.18 Å². The maximum absolute atomic E-state index is 13.6. The van der Waals surface area contributed by atoms with Crippen molar-refractivity contribution in [1.29, 1.82) is 0 Å². The number of nitrogens with one attached hydrogen (secondary N) is 3. The van der Waals surface area contributed by atoms with Crippen LogP contribution in [0.1, 0.15) is 37.5 Å².